The summed E-state index contributed by atoms with van der Waals surface area (Å²) in [5, 5.41) is 9.42. The van der Waals surface area contributed by atoms with Gasteiger partial charge in [0.25, 0.3) is 0 Å². The summed E-state index contributed by atoms with van der Waals surface area (Å²) in [6, 6.07) is 11.1. The van der Waals surface area contributed by atoms with Crippen LogP contribution < -0.4 is 4.74 Å². The highest BCUT2D eigenvalue weighted by molar-refractivity contribution is 7.99. The number of hydrogen-bond acceptors (Lipinski definition) is 6. The summed E-state index contributed by atoms with van der Waals surface area (Å²) in [6.07, 6.45) is 3.94. The maximum Gasteiger partial charge on any atom is 0.192 e. The minimum Gasteiger partial charge on any atom is -0.496 e. The van der Waals surface area contributed by atoms with E-state index in [1.165, 1.54) is 11.8 Å². The van der Waals surface area contributed by atoms with Gasteiger partial charge in [-0.25, -0.2) is 0 Å². The van der Waals surface area contributed by atoms with Crippen LogP contribution in [0, 0.1) is 0 Å². The number of furan rings is 1. The van der Waals surface area contributed by atoms with Crippen LogP contribution in [-0.2, 0) is 6.54 Å². The van der Waals surface area contributed by atoms with Crippen LogP contribution >= 0.6 is 11.8 Å². The number of Topliss-reactive ketones (excluding diaryl/α,β-unsaturated/α-hetero) is 1. The molecule has 1 aliphatic carbocycles. The summed E-state index contributed by atoms with van der Waals surface area (Å²) >= 11 is 1.40. The van der Waals surface area contributed by atoms with Gasteiger partial charge in [-0.3, -0.25) is 9.36 Å². The minimum atomic E-state index is 0.00738. The maximum absolute atomic E-state index is 12.6. The van der Waals surface area contributed by atoms with Crippen molar-refractivity contribution in [1.82, 2.24) is 14.8 Å². The van der Waals surface area contributed by atoms with E-state index in [1.54, 1.807) is 25.5 Å². The van der Waals surface area contributed by atoms with E-state index < -0.39 is 0 Å². The van der Waals surface area contributed by atoms with Crippen molar-refractivity contribution in [2.75, 3.05) is 12.9 Å². The molecule has 0 unspecified atom stereocenters. The van der Waals surface area contributed by atoms with Gasteiger partial charge in [-0.1, -0.05) is 23.9 Å². The van der Waals surface area contributed by atoms with E-state index in [4.69, 9.17) is 9.15 Å². The molecular formula is C19H19N3O3S. The number of carbonyl (C=O) groups is 1. The van der Waals surface area contributed by atoms with Gasteiger partial charge in [0.15, 0.2) is 10.9 Å². The summed E-state index contributed by atoms with van der Waals surface area (Å²) < 4.78 is 12.8. The third-order valence-electron chi connectivity index (χ3n) is 4.32. The second-order valence-corrected chi connectivity index (χ2v) is 7.14. The number of carbonyl (C=O) groups excluding carboxylic acids is 1. The Morgan fingerprint density at radius 1 is 1.27 bits per heavy atom. The molecule has 0 amide bonds. The third-order valence-corrected chi connectivity index (χ3v) is 5.29. The van der Waals surface area contributed by atoms with Crippen LogP contribution in [0.1, 0.15) is 40.7 Å². The second-order valence-electron chi connectivity index (χ2n) is 6.19. The van der Waals surface area contributed by atoms with Crippen LogP contribution in [0.2, 0.25) is 0 Å². The van der Waals surface area contributed by atoms with E-state index in [0.29, 0.717) is 23.8 Å². The summed E-state index contributed by atoms with van der Waals surface area (Å²) in [7, 11) is 1.57. The van der Waals surface area contributed by atoms with Gasteiger partial charge in [0, 0.05) is 5.92 Å². The SMILES string of the molecule is COc1ccccc1C(=O)CSc1nnc(C2CC2)n1Cc1ccco1. The van der Waals surface area contributed by atoms with E-state index in [0.717, 1.165) is 29.6 Å². The number of nitrogens with zero attached hydrogens (tertiary/aromatic N) is 3. The van der Waals surface area contributed by atoms with Crippen molar-refractivity contribution in [1.29, 1.82) is 0 Å². The fourth-order valence-corrected chi connectivity index (χ4v) is 3.67. The quantitative estimate of drug-likeness (QED) is 0.444. The standard InChI is InChI=1S/C19H19N3O3S/c1-24-17-7-3-2-6-15(17)16(23)12-26-19-21-20-18(13-8-9-13)22(19)11-14-5-4-10-25-14/h2-7,10,13H,8-9,11-12H2,1H3. The fourth-order valence-electron chi connectivity index (χ4n) is 2.84. The van der Waals surface area contributed by atoms with E-state index >= 15 is 0 Å². The zero-order chi connectivity index (χ0) is 17.9. The zero-order valence-corrected chi connectivity index (χ0v) is 15.2. The maximum atomic E-state index is 12.6. The first-order valence-electron chi connectivity index (χ1n) is 8.50. The molecule has 0 saturated heterocycles. The Hall–Kier alpha value is -2.54. The first kappa shape index (κ1) is 16.9. The highest BCUT2D eigenvalue weighted by Gasteiger charge is 2.31. The molecule has 0 bridgehead atoms. The van der Waals surface area contributed by atoms with Crippen molar-refractivity contribution < 1.29 is 13.9 Å². The Bertz CT molecular complexity index is 901. The molecule has 7 heteroatoms. The lowest BCUT2D eigenvalue weighted by molar-refractivity contribution is 0.101. The molecule has 1 aromatic carbocycles. The Labute approximate surface area is 155 Å². The molecule has 2 heterocycles. The van der Waals surface area contributed by atoms with Crippen LogP contribution in [0.4, 0.5) is 0 Å². The predicted molar refractivity (Wildman–Crippen MR) is 97.9 cm³/mol. The van der Waals surface area contributed by atoms with Crippen molar-refractivity contribution in [2.45, 2.75) is 30.5 Å². The van der Waals surface area contributed by atoms with Gasteiger partial charge in [-0.05, 0) is 37.1 Å². The Morgan fingerprint density at radius 3 is 2.85 bits per heavy atom. The van der Waals surface area contributed by atoms with Crippen LogP contribution in [-0.4, -0.2) is 33.4 Å². The van der Waals surface area contributed by atoms with Gasteiger partial charge in [-0.2, -0.15) is 0 Å². The van der Waals surface area contributed by atoms with Crippen molar-refractivity contribution in [3.05, 3.63) is 59.8 Å². The molecule has 4 rings (SSSR count). The monoisotopic (exact) mass is 369 g/mol. The number of ether oxygens (including phenoxy) is 1. The summed E-state index contributed by atoms with van der Waals surface area (Å²) in [6.45, 7) is 0.580. The summed E-state index contributed by atoms with van der Waals surface area (Å²) in [5.41, 5.74) is 0.585. The van der Waals surface area contributed by atoms with E-state index in [9.17, 15) is 4.79 Å². The average Bonchev–Trinajstić information content (AvgIpc) is 3.24. The van der Waals surface area contributed by atoms with Crippen LogP contribution in [0.15, 0.2) is 52.2 Å². The van der Waals surface area contributed by atoms with Crippen LogP contribution in [0.25, 0.3) is 0 Å². The highest BCUT2D eigenvalue weighted by Crippen LogP contribution is 2.40. The largest absolute Gasteiger partial charge is 0.496 e. The molecule has 0 spiro atoms. The van der Waals surface area contributed by atoms with Gasteiger partial charge < -0.3 is 9.15 Å². The average molecular weight is 369 g/mol. The van der Waals surface area contributed by atoms with Gasteiger partial charge in [0.05, 0.1) is 31.2 Å². The molecule has 0 aliphatic heterocycles. The molecule has 0 atom stereocenters. The van der Waals surface area contributed by atoms with Gasteiger partial charge in [0.2, 0.25) is 0 Å². The molecule has 3 aromatic rings. The molecule has 1 aliphatic rings. The van der Waals surface area contributed by atoms with E-state index in [2.05, 4.69) is 14.8 Å². The molecule has 1 saturated carbocycles. The topological polar surface area (TPSA) is 70.2 Å². The van der Waals surface area contributed by atoms with Gasteiger partial charge in [0.1, 0.15) is 17.3 Å². The third kappa shape index (κ3) is 3.53. The molecule has 134 valence electrons. The van der Waals surface area contributed by atoms with Crippen LogP contribution in [0.3, 0.4) is 0 Å². The van der Waals surface area contributed by atoms with E-state index in [1.807, 2.05) is 24.3 Å². The second kappa shape index (κ2) is 7.37. The number of benzene rings is 1. The van der Waals surface area contributed by atoms with Crippen molar-refractivity contribution in [2.24, 2.45) is 0 Å². The van der Waals surface area contributed by atoms with Crippen molar-refractivity contribution >= 4 is 17.5 Å². The molecule has 26 heavy (non-hydrogen) atoms. The fraction of sp³-hybridized carbons (Fsp3) is 0.316. The predicted octanol–water partition coefficient (Wildman–Crippen LogP) is 3.78. The van der Waals surface area contributed by atoms with E-state index in [-0.39, 0.29) is 11.5 Å². The first-order chi connectivity index (χ1) is 12.8. The lowest BCUT2D eigenvalue weighted by atomic mass is 10.1. The molecular weight excluding hydrogens is 350 g/mol. The number of rotatable bonds is 8. The van der Waals surface area contributed by atoms with Crippen molar-refractivity contribution in [3.63, 3.8) is 0 Å². The Balaban J connectivity index is 1.52. The zero-order valence-electron chi connectivity index (χ0n) is 14.4. The summed E-state index contributed by atoms with van der Waals surface area (Å²) in [5.74, 6) is 3.18. The molecule has 2 aromatic heterocycles. The lowest BCUT2D eigenvalue weighted by Gasteiger charge is -2.09. The Kier molecular flexibility index (Phi) is 4.79. The lowest BCUT2D eigenvalue weighted by Crippen LogP contribution is -2.08. The number of methoxy groups -OCH3 is 1. The van der Waals surface area contributed by atoms with Crippen LogP contribution in [0.5, 0.6) is 5.75 Å². The number of para-hydroxylation sites is 1. The number of thioether (sulfide) groups is 1. The number of hydrogen-bond donors (Lipinski definition) is 0. The smallest absolute Gasteiger partial charge is 0.192 e. The number of ketones is 1. The van der Waals surface area contributed by atoms with Crippen molar-refractivity contribution in [3.8, 4) is 5.75 Å². The summed E-state index contributed by atoms with van der Waals surface area (Å²) in [4.78, 5) is 12.6. The van der Waals surface area contributed by atoms with Gasteiger partial charge >= 0.3 is 0 Å². The highest BCUT2D eigenvalue weighted by atomic mass is 32.2. The van der Waals surface area contributed by atoms with Gasteiger partial charge in [-0.15, -0.1) is 10.2 Å². The normalized spacial score (nSPS) is 13.7. The molecule has 0 N–H and O–H groups in total. The molecule has 1 fully saturated rings. The minimum absolute atomic E-state index is 0.00738. The molecule has 6 nitrogen and oxygen atoms in total. The molecule has 0 radical (unpaired) electrons. The number of aromatic nitrogens is 3. The Morgan fingerprint density at radius 2 is 2.12 bits per heavy atom. The first-order valence-corrected chi connectivity index (χ1v) is 9.49.